The second-order valence-corrected chi connectivity index (χ2v) is 4.19. The normalized spacial score (nSPS) is 12.5. The van der Waals surface area contributed by atoms with Crippen LogP contribution in [0, 0.1) is 17.6 Å². The van der Waals surface area contributed by atoms with Crippen molar-refractivity contribution in [2.24, 2.45) is 11.7 Å². The average molecular weight is 241 g/mol. The number of carbonyl (C=O) groups is 1. The van der Waals surface area contributed by atoms with Crippen LogP contribution in [0.5, 0.6) is 0 Å². The summed E-state index contributed by atoms with van der Waals surface area (Å²) in [7, 11) is 0. The molecule has 0 aliphatic carbocycles. The summed E-state index contributed by atoms with van der Waals surface area (Å²) in [5, 5.41) is 0. The summed E-state index contributed by atoms with van der Waals surface area (Å²) < 4.78 is 26.3. The SMILES string of the molecule is CC(CCCN)C(=O)Cc1cccc(F)c1F. The molecule has 0 heterocycles. The number of rotatable bonds is 6. The fraction of sp³-hybridized carbons (Fsp3) is 0.462. The minimum absolute atomic E-state index is 0.0602. The predicted molar refractivity (Wildman–Crippen MR) is 62.5 cm³/mol. The molecule has 1 atom stereocenters. The molecule has 1 aromatic rings. The molecule has 0 saturated carbocycles. The number of hydrogen-bond donors (Lipinski definition) is 1. The average Bonchev–Trinajstić information content (AvgIpc) is 2.31. The molecule has 1 rings (SSSR count). The zero-order valence-electron chi connectivity index (χ0n) is 9.88. The third-order valence-corrected chi connectivity index (χ3v) is 2.79. The molecule has 0 saturated heterocycles. The summed E-state index contributed by atoms with van der Waals surface area (Å²) in [4.78, 5) is 11.8. The third-order valence-electron chi connectivity index (χ3n) is 2.79. The number of benzene rings is 1. The molecule has 4 heteroatoms. The summed E-state index contributed by atoms with van der Waals surface area (Å²) in [6, 6.07) is 3.89. The minimum Gasteiger partial charge on any atom is -0.330 e. The first kappa shape index (κ1) is 13.8. The molecule has 0 amide bonds. The monoisotopic (exact) mass is 241 g/mol. The van der Waals surface area contributed by atoms with Gasteiger partial charge >= 0.3 is 0 Å². The van der Waals surface area contributed by atoms with E-state index in [4.69, 9.17) is 5.73 Å². The number of ketones is 1. The second kappa shape index (κ2) is 6.45. The van der Waals surface area contributed by atoms with Crippen molar-refractivity contribution in [3.63, 3.8) is 0 Å². The summed E-state index contributed by atoms with van der Waals surface area (Å²) in [5.74, 6) is -2.08. The Hall–Kier alpha value is -1.29. The zero-order valence-corrected chi connectivity index (χ0v) is 9.88. The number of Topliss-reactive ketones (excluding diaryl/α,β-unsaturated/α-hetero) is 1. The lowest BCUT2D eigenvalue weighted by Gasteiger charge is -2.10. The highest BCUT2D eigenvalue weighted by molar-refractivity contribution is 5.82. The van der Waals surface area contributed by atoms with Gasteiger partial charge in [0.15, 0.2) is 11.6 Å². The lowest BCUT2D eigenvalue weighted by atomic mass is 9.95. The van der Waals surface area contributed by atoms with Gasteiger partial charge in [-0.15, -0.1) is 0 Å². The van der Waals surface area contributed by atoms with Gasteiger partial charge in [-0.05, 0) is 31.0 Å². The van der Waals surface area contributed by atoms with Crippen LogP contribution in [-0.4, -0.2) is 12.3 Å². The molecule has 1 unspecified atom stereocenters. The van der Waals surface area contributed by atoms with Gasteiger partial charge in [0.2, 0.25) is 0 Å². The maximum atomic E-state index is 13.3. The van der Waals surface area contributed by atoms with E-state index in [0.717, 1.165) is 12.5 Å². The van der Waals surface area contributed by atoms with Crippen LogP contribution < -0.4 is 5.73 Å². The van der Waals surface area contributed by atoms with Gasteiger partial charge in [-0.1, -0.05) is 19.1 Å². The Kier molecular flexibility index (Phi) is 5.22. The second-order valence-electron chi connectivity index (χ2n) is 4.19. The zero-order chi connectivity index (χ0) is 12.8. The number of halogens is 2. The fourth-order valence-corrected chi connectivity index (χ4v) is 1.63. The standard InChI is InChI=1S/C13H17F2NO/c1-9(4-3-7-16)12(17)8-10-5-2-6-11(14)13(10)15/h2,5-6,9H,3-4,7-8,16H2,1H3. The fourth-order valence-electron chi connectivity index (χ4n) is 1.63. The molecule has 94 valence electrons. The first-order valence-electron chi connectivity index (χ1n) is 5.72. The number of nitrogens with two attached hydrogens (primary N) is 1. The Morgan fingerprint density at radius 2 is 2.12 bits per heavy atom. The van der Waals surface area contributed by atoms with Crippen molar-refractivity contribution in [1.29, 1.82) is 0 Å². The van der Waals surface area contributed by atoms with Crippen molar-refractivity contribution in [2.75, 3.05) is 6.54 Å². The molecular formula is C13H17F2NO. The summed E-state index contributed by atoms with van der Waals surface area (Å²) >= 11 is 0. The molecule has 0 fully saturated rings. The van der Waals surface area contributed by atoms with Gasteiger partial charge in [-0.2, -0.15) is 0 Å². The van der Waals surface area contributed by atoms with Crippen molar-refractivity contribution < 1.29 is 13.6 Å². The summed E-state index contributed by atoms with van der Waals surface area (Å²) in [5.41, 5.74) is 5.47. The smallest absolute Gasteiger partial charge is 0.162 e. The lowest BCUT2D eigenvalue weighted by Crippen LogP contribution is -2.16. The lowest BCUT2D eigenvalue weighted by molar-refractivity contribution is -0.121. The van der Waals surface area contributed by atoms with Crippen LogP contribution in [0.2, 0.25) is 0 Å². The summed E-state index contributed by atoms with van der Waals surface area (Å²) in [6.45, 7) is 2.32. The van der Waals surface area contributed by atoms with E-state index in [-0.39, 0.29) is 23.7 Å². The van der Waals surface area contributed by atoms with E-state index < -0.39 is 11.6 Å². The maximum Gasteiger partial charge on any atom is 0.162 e. The van der Waals surface area contributed by atoms with Crippen molar-refractivity contribution in [2.45, 2.75) is 26.2 Å². The van der Waals surface area contributed by atoms with E-state index >= 15 is 0 Å². The molecule has 0 aliphatic heterocycles. The van der Waals surface area contributed by atoms with Crippen LogP contribution in [0.15, 0.2) is 18.2 Å². The van der Waals surface area contributed by atoms with E-state index in [1.54, 1.807) is 6.92 Å². The van der Waals surface area contributed by atoms with E-state index in [2.05, 4.69) is 0 Å². The predicted octanol–water partition coefficient (Wildman–Crippen LogP) is 2.45. The van der Waals surface area contributed by atoms with E-state index in [1.165, 1.54) is 12.1 Å². The van der Waals surface area contributed by atoms with E-state index in [9.17, 15) is 13.6 Å². The Bertz CT molecular complexity index is 393. The highest BCUT2D eigenvalue weighted by Crippen LogP contribution is 2.15. The molecule has 2 nitrogen and oxygen atoms in total. The quantitative estimate of drug-likeness (QED) is 0.831. The van der Waals surface area contributed by atoms with E-state index in [1.807, 2.05) is 0 Å². The first-order chi connectivity index (χ1) is 8.06. The Labute approximate surface area is 99.8 Å². The first-order valence-corrected chi connectivity index (χ1v) is 5.72. The molecule has 2 N–H and O–H groups in total. The van der Waals surface area contributed by atoms with Crippen LogP contribution >= 0.6 is 0 Å². The largest absolute Gasteiger partial charge is 0.330 e. The van der Waals surface area contributed by atoms with Gasteiger partial charge in [0, 0.05) is 12.3 Å². The highest BCUT2D eigenvalue weighted by atomic mass is 19.2. The van der Waals surface area contributed by atoms with Gasteiger partial charge < -0.3 is 5.73 Å². The molecule has 0 radical (unpaired) electrons. The summed E-state index contributed by atoms with van der Waals surface area (Å²) in [6.07, 6.45) is 1.39. The van der Waals surface area contributed by atoms with Crippen molar-refractivity contribution in [3.05, 3.63) is 35.4 Å². The molecule has 0 spiro atoms. The van der Waals surface area contributed by atoms with Crippen LogP contribution in [-0.2, 0) is 11.2 Å². The minimum atomic E-state index is -0.924. The molecule has 1 aromatic carbocycles. The third kappa shape index (κ3) is 3.89. The maximum absolute atomic E-state index is 13.3. The van der Waals surface area contributed by atoms with Gasteiger partial charge in [0.05, 0.1) is 0 Å². The topological polar surface area (TPSA) is 43.1 Å². The van der Waals surface area contributed by atoms with Gasteiger partial charge in [0.25, 0.3) is 0 Å². The van der Waals surface area contributed by atoms with Crippen LogP contribution in [0.25, 0.3) is 0 Å². The molecule has 17 heavy (non-hydrogen) atoms. The molecule has 0 aliphatic rings. The van der Waals surface area contributed by atoms with Gasteiger partial charge in [-0.3, -0.25) is 4.79 Å². The van der Waals surface area contributed by atoms with Crippen LogP contribution in [0.4, 0.5) is 8.78 Å². The van der Waals surface area contributed by atoms with Crippen LogP contribution in [0.3, 0.4) is 0 Å². The van der Waals surface area contributed by atoms with Crippen molar-refractivity contribution in [1.82, 2.24) is 0 Å². The van der Waals surface area contributed by atoms with Gasteiger partial charge in [-0.25, -0.2) is 8.78 Å². The molecule has 0 bridgehead atoms. The number of carbonyl (C=O) groups excluding carboxylic acids is 1. The highest BCUT2D eigenvalue weighted by Gasteiger charge is 2.16. The Morgan fingerprint density at radius 3 is 2.76 bits per heavy atom. The number of hydrogen-bond acceptors (Lipinski definition) is 2. The Balaban J connectivity index is 2.64. The molecular weight excluding hydrogens is 224 g/mol. The molecule has 0 aromatic heterocycles. The van der Waals surface area contributed by atoms with Crippen molar-refractivity contribution >= 4 is 5.78 Å². The van der Waals surface area contributed by atoms with E-state index in [0.29, 0.717) is 13.0 Å². The van der Waals surface area contributed by atoms with Crippen molar-refractivity contribution in [3.8, 4) is 0 Å². The van der Waals surface area contributed by atoms with Crippen LogP contribution in [0.1, 0.15) is 25.3 Å². The Morgan fingerprint density at radius 1 is 1.41 bits per heavy atom. The van der Waals surface area contributed by atoms with Gasteiger partial charge in [0.1, 0.15) is 5.78 Å².